The number of likely N-dealkylation sites (tertiary alicyclic amines) is 1. The summed E-state index contributed by atoms with van der Waals surface area (Å²) in [7, 11) is 1.62. The summed E-state index contributed by atoms with van der Waals surface area (Å²) in [5, 5.41) is 3.17. The third kappa shape index (κ3) is 4.49. The van der Waals surface area contributed by atoms with Gasteiger partial charge in [-0.05, 0) is 38.1 Å². The number of hydrogen-bond donors (Lipinski definition) is 2. The minimum atomic E-state index is -0.0355. The predicted octanol–water partition coefficient (Wildman–Crippen LogP) is 1.79. The van der Waals surface area contributed by atoms with E-state index < -0.39 is 0 Å². The van der Waals surface area contributed by atoms with Crippen molar-refractivity contribution >= 4 is 17.6 Å². The minimum absolute atomic E-state index is 0.0355. The number of aromatic nitrogens is 3. The third-order valence-electron chi connectivity index (χ3n) is 5.08. The lowest BCUT2D eigenvalue weighted by Crippen LogP contribution is -2.38. The van der Waals surface area contributed by atoms with E-state index in [4.69, 9.17) is 19.9 Å². The van der Waals surface area contributed by atoms with E-state index in [-0.39, 0.29) is 12.2 Å². The van der Waals surface area contributed by atoms with Crippen LogP contribution in [0.15, 0.2) is 24.3 Å². The number of rotatable bonds is 6. The molecule has 0 atom stereocenters. The van der Waals surface area contributed by atoms with E-state index in [0.717, 1.165) is 31.6 Å². The summed E-state index contributed by atoms with van der Waals surface area (Å²) in [6.45, 7) is 3.95. The van der Waals surface area contributed by atoms with Gasteiger partial charge in [-0.25, -0.2) is 0 Å². The minimum Gasteiger partial charge on any atom is -0.495 e. The third-order valence-corrected chi connectivity index (χ3v) is 5.08. The molecule has 3 heterocycles. The Morgan fingerprint density at radius 1 is 1.14 bits per heavy atom. The molecule has 2 aliphatic heterocycles. The first kappa shape index (κ1) is 18.9. The van der Waals surface area contributed by atoms with Crippen LogP contribution in [0.4, 0.5) is 17.6 Å². The summed E-state index contributed by atoms with van der Waals surface area (Å²) in [5.41, 5.74) is 6.69. The van der Waals surface area contributed by atoms with Gasteiger partial charge in [0, 0.05) is 5.92 Å². The first-order valence-electron chi connectivity index (χ1n) is 9.57. The van der Waals surface area contributed by atoms with Gasteiger partial charge in [-0.3, -0.25) is 4.90 Å². The van der Waals surface area contributed by atoms with Crippen molar-refractivity contribution in [3.05, 3.63) is 30.1 Å². The van der Waals surface area contributed by atoms with Gasteiger partial charge < -0.3 is 25.3 Å². The number of benzene rings is 1. The van der Waals surface area contributed by atoms with Crippen LogP contribution in [0.2, 0.25) is 0 Å². The van der Waals surface area contributed by atoms with Crippen LogP contribution >= 0.6 is 0 Å². The van der Waals surface area contributed by atoms with Crippen LogP contribution in [-0.2, 0) is 16.0 Å². The monoisotopic (exact) mass is 386 g/mol. The molecule has 150 valence electrons. The van der Waals surface area contributed by atoms with Crippen molar-refractivity contribution in [3.63, 3.8) is 0 Å². The zero-order valence-electron chi connectivity index (χ0n) is 16.0. The van der Waals surface area contributed by atoms with Crippen molar-refractivity contribution in [2.45, 2.75) is 25.7 Å². The van der Waals surface area contributed by atoms with Gasteiger partial charge in [-0.15, -0.1) is 0 Å². The van der Waals surface area contributed by atoms with Crippen LogP contribution in [-0.4, -0.2) is 59.6 Å². The summed E-state index contributed by atoms with van der Waals surface area (Å²) in [6.07, 6.45) is 2.04. The molecule has 1 aromatic heterocycles. The normalized spacial score (nSPS) is 19.0. The van der Waals surface area contributed by atoms with Crippen molar-refractivity contribution in [3.8, 4) is 5.75 Å². The second kappa shape index (κ2) is 8.68. The number of hydrogen-bond acceptors (Lipinski definition) is 9. The molecule has 0 spiro atoms. The van der Waals surface area contributed by atoms with E-state index >= 15 is 0 Å². The number of ether oxygens (including phenoxy) is 3. The van der Waals surface area contributed by atoms with Crippen molar-refractivity contribution in [1.29, 1.82) is 0 Å². The molecule has 2 saturated heterocycles. The molecule has 0 saturated carbocycles. The van der Waals surface area contributed by atoms with Crippen LogP contribution in [0.3, 0.4) is 0 Å². The van der Waals surface area contributed by atoms with Crippen LogP contribution in [0, 0.1) is 5.92 Å². The summed E-state index contributed by atoms with van der Waals surface area (Å²) in [6, 6.07) is 7.59. The van der Waals surface area contributed by atoms with Crippen LogP contribution in [0.5, 0.6) is 5.75 Å². The van der Waals surface area contributed by atoms with Gasteiger partial charge in [0.25, 0.3) is 0 Å². The fraction of sp³-hybridized carbons (Fsp3) is 0.526. The van der Waals surface area contributed by atoms with Gasteiger partial charge in [0.1, 0.15) is 11.6 Å². The molecule has 28 heavy (non-hydrogen) atoms. The molecule has 2 aliphatic rings. The molecular weight excluding hydrogens is 360 g/mol. The van der Waals surface area contributed by atoms with Gasteiger partial charge in [-0.1, -0.05) is 12.1 Å². The molecule has 9 heteroatoms. The van der Waals surface area contributed by atoms with Gasteiger partial charge in [0.2, 0.25) is 11.9 Å². The van der Waals surface area contributed by atoms with Gasteiger partial charge in [-0.2, -0.15) is 15.0 Å². The van der Waals surface area contributed by atoms with Gasteiger partial charge in [0.15, 0.2) is 6.29 Å². The number of para-hydroxylation sites is 2. The second-order valence-corrected chi connectivity index (χ2v) is 6.98. The van der Waals surface area contributed by atoms with E-state index in [0.29, 0.717) is 43.2 Å². The summed E-state index contributed by atoms with van der Waals surface area (Å²) in [4.78, 5) is 15.4. The smallest absolute Gasteiger partial charge is 0.232 e. The van der Waals surface area contributed by atoms with E-state index in [1.54, 1.807) is 7.11 Å². The zero-order valence-corrected chi connectivity index (χ0v) is 16.0. The van der Waals surface area contributed by atoms with E-state index in [2.05, 4.69) is 25.2 Å². The highest BCUT2D eigenvalue weighted by molar-refractivity contribution is 5.62. The maximum Gasteiger partial charge on any atom is 0.232 e. The molecule has 0 bridgehead atoms. The maximum absolute atomic E-state index is 5.91. The Kier molecular flexibility index (Phi) is 5.84. The van der Waals surface area contributed by atoms with E-state index in [9.17, 15) is 0 Å². The Labute approximate surface area is 164 Å². The lowest BCUT2D eigenvalue weighted by atomic mass is 9.96. The average Bonchev–Trinajstić information content (AvgIpc) is 3.23. The van der Waals surface area contributed by atoms with E-state index in [1.165, 1.54) is 0 Å². The largest absolute Gasteiger partial charge is 0.495 e. The SMILES string of the molecule is COc1ccccc1Nc1nc(N)nc(CN2CCC(C3OCCO3)CC2)n1. The molecule has 0 amide bonds. The topological polar surface area (TPSA) is 108 Å². The molecular formula is C19H26N6O3. The molecule has 1 aromatic carbocycles. The Balaban J connectivity index is 1.39. The lowest BCUT2D eigenvalue weighted by molar-refractivity contribution is -0.0978. The number of anilines is 3. The molecule has 0 radical (unpaired) electrons. The van der Waals surface area contributed by atoms with Crippen LogP contribution in [0.25, 0.3) is 0 Å². The Morgan fingerprint density at radius 3 is 2.64 bits per heavy atom. The lowest BCUT2D eigenvalue weighted by Gasteiger charge is -2.33. The number of nitrogens with one attached hydrogen (secondary N) is 1. The highest BCUT2D eigenvalue weighted by Crippen LogP contribution is 2.27. The highest BCUT2D eigenvalue weighted by Gasteiger charge is 2.30. The molecule has 2 aromatic rings. The number of nitrogens with two attached hydrogens (primary N) is 1. The standard InChI is InChI=1S/C19H26N6O3/c1-26-15-5-3-2-4-14(15)21-19-23-16(22-18(20)24-19)12-25-8-6-13(7-9-25)17-27-10-11-28-17/h2-5,13,17H,6-12H2,1H3,(H3,20,21,22,23,24). The molecule has 0 unspecified atom stereocenters. The van der Waals surface area contributed by atoms with Crippen molar-refractivity contribution in [2.75, 3.05) is 44.5 Å². The molecule has 3 N–H and O–H groups in total. The predicted molar refractivity (Wildman–Crippen MR) is 104 cm³/mol. The molecule has 9 nitrogen and oxygen atoms in total. The summed E-state index contributed by atoms with van der Waals surface area (Å²) >= 11 is 0. The number of nitrogen functional groups attached to an aromatic ring is 1. The van der Waals surface area contributed by atoms with E-state index in [1.807, 2.05) is 24.3 Å². The first-order chi connectivity index (χ1) is 13.7. The second-order valence-electron chi connectivity index (χ2n) is 6.98. The number of methoxy groups -OCH3 is 1. The molecule has 4 rings (SSSR count). The fourth-order valence-corrected chi connectivity index (χ4v) is 3.66. The Morgan fingerprint density at radius 2 is 1.89 bits per heavy atom. The summed E-state index contributed by atoms with van der Waals surface area (Å²) in [5.74, 6) is 2.43. The maximum atomic E-state index is 5.91. The van der Waals surface area contributed by atoms with Gasteiger partial charge >= 0.3 is 0 Å². The van der Waals surface area contributed by atoms with Crippen molar-refractivity contribution in [2.24, 2.45) is 5.92 Å². The Bertz CT molecular complexity index is 791. The number of nitrogens with zero attached hydrogens (tertiary/aromatic N) is 4. The highest BCUT2D eigenvalue weighted by atomic mass is 16.7. The molecule has 2 fully saturated rings. The van der Waals surface area contributed by atoms with Crippen LogP contribution in [0.1, 0.15) is 18.7 Å². The zero-order chi connectivity index (χ0) is 19.3. The van der Waals surface area contributed by atoms with Crippen LogP contribution < -0.4 is 15.8 Å². The van der Waals surface area contributed by atoms with Gasteiger partial charge in [0.05, 0.1) is 32.6 Å². The number of piperidine rings is 1. The first-order valence-corrected chi connectivity index (χ1v) is 9.57. The fourth-order valence-electron chi connectivity index (χ4n) is 3.66. The Hall–Kier alpha value is -2.49. The molecule has 0 aliphatic carbocycles. The summed E-state index contributed by atoms with van der Waals surface area (Å²) < 4.78 is 16.6. The van der Waals surface area contributed by atoms with Crippen molar-refractivity contribution in [1.82, 2.24) is 19.9 Å². The average molecular weight is 386 g/mol. The van der Waals surface area contributed by atoms with Crippen molar-refractivity contribution < 1.29 is 14.2 Å². The quantitative estimate of drug-likeness (QED) is 0.768.